The Bertz CT molecular complexity index is 956. The number of benzene rings is 1. The van der Waals surface area contributed by atoms with Crippen LogP contribution in [0.15, 0.2) is 47.0 Å². The molecule has 1 fully saturated rings. The van der Waals surface area contributed by atoms with Gasteiger partial charge in [0.05, 0.1) is 5.56 Å². The van der Waals surface area contributed by atoms with Crippen molar-refractivity contribution in [3.63, 3.8) is 0 Å². The molecule has 1 aromatic rings. The number of rotatable bonds is 5. The highest BCUT2D eigenvalue weighted by Crippen LogP contribution is 2.37. The number of halogens is 3. The van der Waals surface area contributed by atoms with Crippen LogP contribution in [0.4, 0.5) is 18.9 Å². The highest BCUT2D eigenvalue weighted by Gasteiger charge is 2.36. The average Bonchev–Trinajstić information content (AvgIpc) is 2.81. The van der Waals surface area contributed by atoms with Gasteiger partial charge in [-0.1, -0.05) is 45.4 Å². The smallest absolute Gasteiger partial charge is 0.370 e. The van der Waals surface area contributed by atoms with Gasteiger partial charge in [-0.05, 0) is 38.0 Å². The van der Waals surface area contributed by atoms with Crippen LogP contribution in [-0.2, 0) is 11.0 Å². The minimum Gasteiger partial charge on any atom is -0.370 e. The topological polar surface area (TPSA) is 105 Å². The van der Waals surface area contributed by atoms with E-state index in [4.69, 9.17) is 11.5 Å². The number of carbonyl (C=O) groups excluding carboxylic acids is 2. The summed E-state index contributed by atoms with van der Waals surface area (Å²) in [6, 6.07) is 3.22. The van der Waals surface area contributed by atoms with Crippen LogP contribution in [0, 0.1) is 5.92 Å². The molecule has 0 radical (unpaired) electrons. The predicted molar refractivity (Wildman–Crippen MR) is 134 cm³/mol. The van der Waals surface area contributed by atoms with E-state index in [0.29, 0.717) is 5.57 Å². The van der Waals surface area contributed by atoms with E-state index in [1.165, 1.54) is 18.6 Å². The third-order valence-corrected chi connectivity index (χ3v) is 5.38. The number of amides is 2. The lowest BCUT2D eigenvalue weighted by Crippen LogP contribution is -2.49. The molecule has 1 aromatic carbocycles. The number of carbonyl (C=O) groups is 2. The zero-order valence-corrected chi connectivity index (χ0v) is 21.0. The number of anilines is 1. The molecule has 0 saturated carbocycles. The maximum Gasteiger partial charge on any atom is 0.418 e. The van der Waals surface area contributed by atoms with E-state index in [1.54, 1.807) is 35.0 Å². The molecule has 0 atom stereocenters. The summed E-state index contributed by atoms with van der Waals surface area (Å²) in [4.78, 5) is 30.8. The first kappa shape index (κ1) is 29.7. The summed E-state index contributed by atoms with van der Waals surface area (Å²) >= 11 is 0. The minimum absolute atomic E-state index is 0.0583. The molecular formula is C25H36F3N5O2. The van der Waals surface area contributed by atoms with Gasteiger partial charge in [0.1, 0.15) is 0 Å². The summed E-state index contributed by atoms with van der Waals surface area (Å²) < 4.78 is 40.9. The average molecular weight is 496 g/mol. The van der Waals surface area contributed by atoms with E-state index in [0.717, 1.165) is 12.0 Å². The summed E-state index contributed by atoms with van der Waals surface area (Å²) in [6.07, 6.45) is 1.88. The van der Waals surface area contributed by atoms with Crippen molar-refractivity contribution in [3.05, 3.63) is 53.1 Å². The van der Waals surface area contributed by atoms with Crippen LogP contribution in [0.3, 0.4) is 0 Å². The lowest BCUT2D eigenvalue weighted by molar-refractivity contribution is -0.137. The summed E-state index contributed by atoms with van der Waals surface area (Å²) in [5, 5.41) is 0. The second-order valence-electron chi connectivity index (χ2n) is 8.53. The van der Waals surface area contributed by atoms with Crippen molar-refractivity contribution in [2.75, 3.05) is 31.1 Å². The van der Waals surface area contributed by atoms with Crippen LogP contribution in [0.5, 0.6) is 0 Å². The number of allylic oxidation sites excluding steroid dienone is 3. The van der Waals surface area contributed by atoms with Crippen molar-refractivity contribution in [3.8, 4) is 0 Å². The fourth-order valence-electron chi connectivity index (χ4n) is 3.07. The summed E-state index contributed by atoms with van der Waals surface area (Å²) in [6.45, 7) is 11.2. The minimum atomic E-state index is -4.68. The maximum absolute atomic E-state index is 13.6. The molecule has 0 aliphatic carbocycles. The Morgan fingerprint density at radius 3 is 2.17 bits per heavy atom. The van der Waals surface area contributed by atoms with E-state index in [9.17, 15) is 22.8 Å². The summed E-state index contributed by atoms with van der Waals surface area (Å²) in [5.41, 5.74) is 9.52. The number of aliphatic imine (C=N–C) groups is 1. The van der Waals surface area contributed by atoms with Crippen molar-refractivity contribution in [1.82, 2.24) is 4.90 Å². The Hall–Kier alpha value is -3.30. The first-order valence-electron chi connectivity index (χ1n) is 11.5. The molecule has 1 saturated heterocycles. The van der Waals surface area contributed by atoms with Gasteiger partial charge in [0.25, 0.3) is 5.91 Å². The van der Waals surface area contributed by atoms with Gasteiger partial charge in [0, 0.05) is 43.0 Å². The first-order chi connectivity index (χ1) is 16.3. The van der Waals surface area contributed by atoms with Gasteiger partial charge in [0.2, 0.25) is 5.91 Å². The fourth-order valence-corrected chi connectivity index (χ4v) is 3.07. The third kappa shape index (κ3) is 9.46. The molecule has 1 aliphatic rings. The largest absolute Gasteiger partial charge is 0.418 e. The van der Waals surface area contributed by atoms with Crippen LogP contribution >= 0.6 is 0 Å². The Labute approximate surface area is 205 Å². The number of guanidine groups is 1. The van der Waals surface area contributed by atoms with Gasteiger partial charge < -0.3 is 21.3 Å². The Balaban J connectivity index is 0.00000111. The SMILES string of the molecule is C/C=C\C=C(/C)C(=O)N1CCN(c2ccc(C(=O)N=C(N)N)cc2C(F)(F)F)CC1.CCC(C)C. The zero-order chi connectivity index (χ0) is 26.8. The zero-order valence-electron chi connectivity index (χ0n) is 21.0. The number of hydrogen-bond donors (Lipinski definition) is 2. The summed E-state index contributed by atoms with van der Waals surface area (Å²) in [5.74, 6) is -0.750. The predicted octanol–water partition coefficient (Wildman–Crippen LogP) is 4.34. The molecule has 0 aromatic heterocycles. The van der Waals surface area contributed by atoms with E-state index in [1.807, 2.05) is 6.92 Å². The number of hydrogen-bond acceptors (Lipinski definition) is 3. The van der Waals surface area contributed by atoms with Crippen LogP contribution < -0.4 is 16.4 Å². The molecule has 35 heavy (non-hydrogen) atoms. The molecule has 0 bridgehead atoms. The van der Waals surface area contributed by atoms with Gasteiger partial charge in [-0.25, -0.2) is 0 Å². The first-order valence-corrected chi connectivity index (χ1v) is 11.5. The van der Waals surface area contributed by atoms with Crippen molar-refractivity contribution >= 4 is 23.5 Å². The van der Waals surface area contributed by atoms with Crippen molar-refractivity contribution < 1.29 is 22.8 Å². The second-order valence-corrected chi connectivity index (χ2v) is 8.53. The highest BCUT2D eigenvalue weighted by atomic mass is 19.4. The van der Waals surface area contributed by atoms with Crippen LogP contribution in [-0.4, -0.2) is 48.9 Å². The maximum atomic E-state index is 13.6. The van der Waals surface area contributed by atoms with E-state index >= 15 is 0 Å². The molecule has 2 rings (SSSR count). The molecule has 10 heteroatoms. The molecule has 2 amide bonds. The van der Waals surface area contributed by atoms with Crippen molar-refractivity contribution in [2.24, 2.45) is 22.4 Å². The number of piperazine rings is 1. The normalized spacial score (nSPS) is 14.6. The molecule has 1 aliphatic heterocycles. The Morgan fingerprint density at radius 1 is 1.14 bits per heavy atom. The lowest BCUT2D eigenvalue weighted by Gasteiger charge is -2.37. The Kier molecular flexibility index (Phi) is 11.5. The van der Waals surface area contributed by atoms with Crippen molar-refractivity contribution in [1.29, 1.82) is 0 Å². The standard InChI is InChI=1S/C20H24F3N5O2.C5H12/c1-3-4-5-13(2)18(30)28-10-8-27(9-11-28)16-7-6-14(17(29)26-19(24)25)12-15(16)20(21,22)23;1-4-5(2)3/h3-7,12H,8-11H2,1-2H3,(H4,24,25,26,29);5H,4H2,1-3H3/b4-3-,13-5+;. The van der Waals surface area contributed by atoms with Crippen LogP contribution in [0.25, 0.3) is 0 Å². The molecule has 0 spiro atoms. The molecule has 0 unspecified atom stereocenters. The molecular weight excluding hydrogens is 459 g/mol. The van der Waals surface area contributed by atoms with E-state index < -0.39 is 23.6 Å². The second kappa shape index (κ2) is 13.6. The van der Waals surface area contributed by atoms with Crippen LogP contribution in [0.2, 0.25) is 0 Å². The van der Waals surface area contributed by atoms with Gasteiger partial charge in [-0.15, -0.1) is 0 Å². The van der Waals surface area contributed by atoms with Gasteiger partial charge in [0.15, 0.2) is 5.96 Å². The molecule has 7 nitrogen and oxygen atoms in total. The molecule has 4 N–H and O–H groups in total. The van der Waals surface area contributed by atoms with Gasteiger partial charge >= 0.3 is 6.18 Å². The molecule has 194 valence electrons. The van der Waals surface area contributed by atoms with Crippen LogP contribution in [0.1, 0.15) is 57.0 Å². The van der Waals surface area contributed by atoms with Gasteiger partial charge in [-0.3, -0.25) is 9.59 Å². The number of nitrogens with two attached hydrogens (primary N) is 2. The highest BCUT2D eigenvalue weighted by molar-refractivity contribution is 6.02. The van der Waals surface area contributed by atoms with E-state index in [-0.39, 0.29) is 43.3 Å². The fraction of sp³-hybridized carbons (Fsp3) is 0.480. The monoisotopic (exact) mass is 495 g/mol. The number of alkyl halides is 3. The summed E-state index contributed by atoms with van der Waals surface area (Å²) in [7, 11) is 0. The van der Waals surface area contributed by atoms with E-state index in [2.05, 4.69) is 25.8 Å². The number of nitrogens with zero attached hydrogens (tertiary/aromatic N) is 3. The third-order valence-electron chi connectivity index (χ3n) is 5.38. The Morgan fingerprint density at radius 2 is 1.71 bits per heavy atom. The van der Waals surface area contributed by atoms with Crippen molar-refractivity contribution in [2.45, 2.75) is 47.2 Å². The quantitative estimate of drug-likeness (QED) is 0.274. The van der Waals surface area contributed by atoms with Gasteiger partial charge in [-0.2, -0.15) is 18.2 Å². The lowest BCUT2D eigenvalue weighted by atomic mass is 10.1. The molecule has 1 heterocycles.